The molecule has 0 saturated carbocycles. The first-order valence-corrected chi connectivity index (χ1v) is 11.7. The smallest absolute Gasteiger partial charge is 0.286 e. The van der Waals surface area contributed by atoms with Crippen LogP contribution in [0.2, 0.25) is 5.02 Å². The number of carbonyl (C=O) groups excluding carboxylic acids is 2. The van der Waals surface area contributed by atoms with Gasteiger partial charge in [-0.05, 0) is 42.5 Å². The Labute approximate surface area is 187 Å². The molecular weight excluding hydrogens is 462 g/mol. The Morgan fingerprint density at radius 3 is 2.45 bits per heavy atom. The molecule has 0 atom stereocenters. The normalized spacial score (nSPS) is 11.2. The van der Waals surface area contributed by atoms with Crippen LogP contribution in [-0.2, 0) is 21.4 Å². The van der Waals surface area contributed by atoms with Crippen molar-refractivity contribution < 1.29 is 18.0 Å². The van der Waals surface area contributed by atoms with Gasteiger partial charge in [-0.3, -0.25) is 9.59 Å². The minimum atomic E-state index is -3.81. The molecule has 9 nitrogen and oxygen atoms in total. The first-order chi connectivity index (χ1) is 14.8. The summed E-state index contributed by atoms with van der Waals surface area (Å²) in [5.74, 6) is -0.640. The molecule has 2 aromatic carbocycles. The van der Waals surface area contributed by atoms with Gasteiger partial charge in [0.25, 0.3) is 5.91 Å². The largest absolute Gasteiger partial charge is 0.326 e. The lowest BCUT2D eigenvalue weighted by Crippen LogP contribution is -2.23. The Morgan fingerprint density at radius 2 is 1.77 bits per heavy atom. The van der Waals surface area contributed by atoms with Crippen molar-refractivity contribution in [1.29, 1.82) is 0 Å². The number of benzene rings is 2. The van der Waals surface area contributed by atoms with Crippen molar-refractivity contribution >= 4 is 56.2 Å². The highest BCUT2D eigenvalue weighted by Gasteiger charge is 2.17. The summed E-state index contributed by atoms with van der Waals surface area (Å²) in [5.41, 5.74) is 1.01. The van der Waals surface area contributed by atoms with E-state index in [0.29, 0.717) is 27.8 Å². The average Bonchev–Trinajstić information content (AvgIpc) is 3.22. The number of rotatable bonds is 8. The van der Waals surface area contributed by atoms with Crippen molar-refractivity contribution in [3.8, 4) is 0 Å². The number of amides is 2. The van der Waals surface area contributed by atoms with Gasteiger partial charge in [0.05, 0.1) is 11.4 Å². The lowest BCUT2D eigenvalue weighted by atomic mass is 10.3. The minimum absolute atomic E-state index is 0.0328. The molecule has 162 valence electrons. The van der Waals surface area contributed by atoms with Gasteiger partial charge < -0.3 is 10.6 Å². The summed E-state index contributed by atoms with van der Waals surface area (Å²) < 4.78 is 27.4. The van der Waals surface area contributed by atoms with E-state index in [2.05, 4.69) is 25.6 Å². The molecule has 0 spiro atoms. The number of nitrogens with one attached hydrogen (secondary N) is 3. The maximum absolute atomic E-state index is 12.5. The Hall–Kier alpha value is -2.86. The second-order valence-corrected chi connectivity index (χ2v) is 9.48. The van der Waals surface area contributed by atoms with Crippen LogP contribution in [0.5, 0.6) is 0 Å². The van der Waals surface area contributed by atoms with Crippen LogP contribution in [0.1, 0.15) is 28.2 Å². The van der Waals surface area contributed by atoms with Crippen molar-refractivity contribution in [1.82, 2.24) is 14.9 Å². The van der Waals surface area contributed by atoms with E-state index in [4.69, 9.17) is 11.6 Å². The number of nitrogens with zero attached hydrogens (tertiary/aromatic N) is 2. The zero-order chi connectivity index (χ0) is 22.4. The number of carbonyl (C=O) groups is 2. The lowest BCUT2D eigenvalue weighted by molar-refractivity contribution is -0.115. The van der Waals surface area contributed by atoms with Gasteiger partial charge in [-0.25, -0.2) is 13.1 Å². The summed E-state index contributed by atoms with van der Waals surface area (Å²) >= 11 is 6.86. The van der Waals surface area contributed by atoms with Crippen LogP contribution in [0, 0.1) is 0 Å². The topological polar surface area (TPSA) is 130 Å². The van der Waals surface area contributed by atoms with Gasteiger partial charge in [-0.2, -0.15) is 0 Å². The molecule has 1 heterocycles. The first-order valence-electron chi connectivity index (χ1n) is 9.05. The second kappa shape index (κ2) is 9.96. The van der Waals surface area contributed by atoms with Crippen LogP contribution in [-0.4, -0.2) is 30.4 Å². The van der Waals surface area contributed by atoms with Crippen LogP contribution in [0.3, 0.4) is 0 Å². The second-order valence-electron chi connectivity index (χ2n) is 6.22. The van der Waals surface area contributed by atoms with E-state index < -0.39 is 15.9 Å². The van der Waals surface area contributed by atoms with E-state index in [0.717, 1.165) is 11.3 Å². The van der Waals surface area contributed by atoms with E-state index in [1.807, 2.05) is 0 Å². The SMILES string of the molecule is CCC(=O)Nc1ccc(S(=O)(=O)NCc2nnc(C(=O)Nc3cccc(Cl)c3)s2)cc1. The lowest BCUT2D eigenvalue weighted by Gasteiger charge is -2.07. The first kappa shape index (κ1) is 22.8. The fourth-order valence-electron chi connectivity index (χ4n) is 2.37. The van der Waals surface area contributed by atoms with Gasteiger partial charge in [0.2, 0.25) is 20.9 Å². The number of halogens is 1. The molecule has 0 saturated heterocycles. The fraction of sp³-hybridized carbons (Fsp3) is 0.158. The molecule has 3 aromatic rings. The predicted molar refractivity (Wildman–Crippen MR) is 119 cm³/mol. The number of anilines is 2. The monoisotopic (exact) mass is 479 g/mol. The van der Waals surface area contributed by atoms with Crippen molar-refractivity contribution in [2.45, 2.75) is 24.8 Å². The van der Waals surface area contributed by atoms with Gasteiger partial charge in [0.1, 0.15) is 5.01 Å². The number of sulfonamides is 1. The molecule has 3 N–H and O–H groups in total. The molecule has 31 heavy (non-hydrogen) atoms. The summed E-state index contributed by atoms with van der Waals surface area (Å²) in [6, 6.07) is 12.4. The summed E-state index contributed by atoms with van der Waals surface area (Å²) in [5, 5.41) is 13.8. The zero-order valence-corrected chi connectivity index (χ0v) is 18.6. The zero-order valence-electron chi connectivity index (χ0n) is 16.3. The minimum Gasteiger partial charge on any atom is -0.326 e. The van der Waals surface area contributed by atoms with E-state index in [1.54, 1.807) is 31.2 Å². The van der Waals surface area contributed by atoms with Crippen LogP contribution < -0.4 is 15.4 Å². The van der Waals surface area contributed by atoms with Crippen molar-refractivity contribution in [2.75, 3.05) is 10.6 Å². The highest BCUT2D eigenvalue weighted by molar-refractivity contribution is 7.89. The molecule has 0 aliphatic carbocycles. The Balaban J connectivity index is 1.60. The van der Waals surface area contributed by atoms with E-state index >= 15 is 0 Å². The Kier molecular flexibility index (Phi) is 7.33. The van der Waals surface area contributed by atoms with Crippen LogP contribution >= 0.6 is 22.9 Å². The summed E-state index contributed by atoms with van der Waals surface area (Å²) in [6.07, 6.45) is 0.322. The van der Waals surface area contributed by atoms with E-state index in [9.17, 15) is 18.0 Å². The van der Waals surface area contributed by atoms with Gasteiger partial charge in [-0.15, -0.1) is 10.2 Å². The quantitative estimate of drug-likeness (QED) is 0.454. The van der Waals surface area contributed by atoms with Crippen molar-refractivity contribution in [3.63, 3.8) is 0 Å². The predicted octanol–water partition coefficient (Wildman–Crippen LogP) is 3.27. The Morgan fingerprint density at radius 1 is 1.03 bits per heavy atom. The molecule has 2 amide bonds. The van der Waals surface area contributed by atoms with Gasteiger partial charge >= 0.3 is 0 Å². The molecular formula is C19H18ClN5O4S2. The molecule has 0 fully saturated rings. The third kappa shape index (κ3) is 6.31. The third-order valence-electron chi connectivity index (χ3n) is 3.93. The average molecular weight is 480 g/mol. The summed E-state index contributed by atoms with van der Waals surface area (Å²) in [7, 11) is -3.81. The highest BCUT2D eigenvalue weighted by atomic mass is 35.5. The van der Waals surface area contributed by atoms with Gasteiger partial charge in [-0.1, -0.05) is 35.9 Å². The number of aromatic nitrogens is 2. The number of hydrogen-bond donors (Lipinski definition) is 3. The molecule has 3 rings (SSSR count). The summed E-state index contributed by atoms with van der Waals surface area (Å²) in [6.45, 7) is 1.59. The molecule has 0 aliphatic heterocycles. The van der Waals surface area contributed by atoms with Crippen LogP contribution in [0.4, 0.5) is 11.4 Å². The van der Waals surface area contributed by atoms with Crippen LogP contribution in [0.25, 0.3) is 0 Å². The van der Waals surface area contributed by atoms with Gasteiger partial charge in [0.15, 0.2) is 0 Å². The van der Waals surface area contributed by atoms with Gasteiger partial charge in [0, 0.05) is 22.8 Å². The molecule has 0 radical (unpaired) electrons. The summed E-state index contributed by atoms with van der Waals surface area (Å²) in [4.78, 5) is 23.7. The van der Waals surface area contributed by atoms with Crippen molar-refractivity contribution in [3.05, 3.63) is 63.6 Å². The van der Waals surface area contributed by atoms with Crippen molar-refractivity contribution in [2.24, 2.45) is 0 Å². The molecule has 0 aliphatic rings. The molecule has 12 heteroatoms. The van der Waals surface area contributed by atoms with E-state index in [1.165, 1.54) is 24.3 Å². The number of hydrogen-bond acceptors (Lipinski definition) is 7. The molecule has 0 unspecified atom stereocenters. The van der Waals surface area contributed by atoms with Crippen LogP contribution in [0.15, 0.2) is 53.4 Å². The fourth-order valence-corrected chi connectivity index (χ4v) is 4.32. The highest BCUT2D eigenvalue weighted by Crippen LogP contribution is 2.18. The molecule has 0 bridgehead atoms. The maximum atomic E-state index is 12.5. The Bertz CT molecular complexity index is 1200. The van der Waals surface area contributed by atoms with E-state index in [-0.39, 0.29) is 22.4 Å². The molecule has 1 aromatic heterocycles. The standard InChI is InChI=1S/C19H18ClN5O4S2/c1-2-16(26)22-13-6-8-15(9-7-13)31(28,29)21-11-17-24-25-19(30-17)18(27)23-14-5-3-4-12(20)10-14/h3-10,21H,2,11H2,1H3,(H,22,26)(H,23,27). The third-order valence-corrected chi connectivity index (χ3v) is 6.50. The maximum Gasteiger partial charge on any atom is 0.286 e.